The molecule has 0 radical (unpaired) electrons. The predicted octanol–water partition coefficient (Wildman–Crippen LogP) is 4.58. The zero-order chi connectivity index (χ0) is 14.0. The number of halogens is 4. The molecule has 0 aromatic carbocycles. The molecule has 0 unspecified atom stereocenters. The minimum atomic E-state index is -4.05. The van der Waals surface area contributed by atoms with Gasteiger partial charge >= 0.3 is 6.18 Å². The van der Waals surface area contributed by atoms with Crippen LogP contribution in [0, 0.1) is 12.8 Å². The Labute approximate surface area is 115 Å². The van der Waals surface area contributed by atoms with Gasteiger partial charge in [-0.2, -0.15) is 13.2 Å². The second-order valence-electron chi connectivity index (χ2n) is 5.00. The fraction of sp³-hybridized carbons (Fsp3) is 0.615. The standard InChI is InChI=1S/C13H16ClF3N2/c1-8-11(6-7-12(14)18-8)19-10-4-2-9(3-5-10)13(15,16)17/h6-7,9-10,19H,2-5H2,1H3. The first-order valence-electron chi connectivity index (χ1n) is 6.32. The van der Waals surface area contributed by atoms with Crippen molar-refractivity contribution in [1.29, 1.82) is 0 Å². The first-order chi connectivity index (χ1) is 8.86. The molecule has 0 spiro atoms. The van der Waals surface area contributed by atoms with Crippen molar-refractivity contribution in [2.24, 2.45) is 5.92 Å². The van der Waals surface area contributed by atoms with Gasteiger partial charge in [0.2, 0.25) is 0 Å². The van der Waals surface area contributed by atoms with E-state index in [1.54, 1.807) is 6.07 Å². The van der Waals surface area contributed by atoms with Crippen molar-refractivity contribution in [1.82, 2.24) is 4.98 Å². The number of anilines is 1. The zero-order valence-electron chi connectivity index (χ0n) is 10.6. The molecule has 0 saturated heterocycles. The van der Waals surface area contributed by atoms with Crippen LogP contribution in [-0.4, -0.2) is 17.2 Å². The van der Waals surface area contributed by atoms with Gasteiger partial charge in [0.25, 0.3) is 0 Å². The fourth-order valence-electron chi connectivity index (χ4n) is 2.47. The Bertz CT molecular complexity index is 440. The number of nitrogens with zero attached hydrogens (tertiary/aromatic N) is 1. The highest BCUT2D eigenvalue weighted by Gasteiger charge is 2.41. The third-order valence-corrected chi connectivity index (χ3v) is 3.81. The average Bonchev–Trinajstić information content (AvgIpc) is 2.32. The highest BCUT2D eigenvalue weighted by atomic mass is 35.5. The summed E-state index contributed by atoms with van der Waals surface area (Å²) in [5.74, 6) is -1.14. The molecular formula is C13H16ClF3N2. The minimum Gasteiger partial charge on any atom is -0.381 e. The maximum atomic E-state index is 12.6. The topological polar surface area (TPSA) is 24.9 Å². The molecule has 106 valence electrons. The predicted molar refractivity (Wildman–Crippen MR) is 69.4 cm³/mol. The zero-order valence-corrected chi connectivity index (χ0v) is 11.4. The number of rotatable bonds is 2. The average molecular weight is 293 g/mol. The number of hydrogen-bond donors (Lipinski definition) is 1. The summed E-state index contributed by atoms with van der Waals surface area (Å²) >= 11 is 5.77. The van der Waals surface area contributed by atoms with Crippen LogP contribution in [0.2, 0.25) is 5.15 Å². The van der Waals surface area contributed by atoms with Crippen LogP contribution in [-0.2, 0) is 0 Å². The van der Waals surface area contributed by atoms with E-state index in [9.17, 15) is 13.2 Å². The molecule has 0 amide bonds. The summed E-state index contributed by atoms with van der Waals surface area (Å²) < 4.78 is 37.7. The van der Waals surface area contributed by atoms with Crippen LogP contribution in [0.15, 0.2) is 12.1 Å². The summed E-state index contributed by atoms with van der Waals surface area (Å²) in [6, 6.07) is 3.58. The Kier molecular flexibility index (Phi) is 4.23. The molecule has 2 rings (SSSR count). The summed E-state index contributed by atoms with van der Waals surface area (Å²) in [5, 5.41) is 3.68. The highest BCUT2D eigenvalue weighted by Crippen LogP contribution is 2.38. The number of aryl methyl sites for hydroxylation is 1. The van der Waals surface area contributed by atoms with Crippen LogP contribution >= 0.6 is 11.6 Å². The quantitative estimate of drug-likeness (QED) is 0.807. The van der Waals surface area contributed by atoms with Gasteiger partial charge in [0.15, 0.2) is 0 Å². The third kappa shape index (κ3) is 3.75. The Morgan fingerprint density at radius 3 is 2.37 bits per heavy atom. The smallest absolute Gasteiger partial charge is 0.381 e. The summed E-state index contributed by atoms with van der Waals surface area (Å²) in [4.78, 5) is 4.12. The van der Waals surface area contributed by atoms with Crippen LogP contribution in [0.25, 0.3) is 0 Å². The first kappa shape index (κ1) is 14.4. The van der Waals surface area contributed by atoms with Crippen molar-refractivity contribution in [3.05, 3.63) is 23.0 Å². The Morgan fingerprint density at radius 2 is 1.84 bits per heavy atom. The summed E-state index contributed by atoms with van der Waals surface area (Å²) in [7, 11) is 0. The molecule has 1 heterocycles. The minimum absolute atomic E-state index is 0.0836. The van der Waals surface area contributed by atoms with Crippen molar-refractivity contribution >= 4 is 17.3 Å². The van der Waals surface area contributed by atoms with E-state index in [1.165, 1.54) is 0 Å². The molecule has 1 aliphatic carbocycles. The summed E-state index contributed by atoms with van der Waals surface area (Å²) in [6.45, 7) is 1.83. The molecule has 0 bridgehead atoms. The molecule has 0 aliphatic heterocycles. The van der Waals surface area contributed by atoms with Crippen LogP contribution in [0.5, 0.6) is 0 Å². The van der Waals surface area contributed by atoms with E-state index in [-0.39, 0.29) is 18.9 Å². The Morgan fingerprint density at radius 1 is 1.21 bits per heavy atom. The number of alkyl halides is 3. The molecule has 0 atom stereocenters. The number of nitrogens with one attached hydrogen (secondary N) is 1. The number of hydrogen-bond acceptors (Lipinski definition) is 2. The molecule has 1 aromatic rings. The SMILES string of the molecule is Cc1nc(Cl)ccc1NC1CCC(C(F)(F)F)CC1. The van der Waals surface area contributed by atoms with E-state index in [4.69, 9.17) is 11.6 Å². The van der Waals surface area contributed by atoms with Gasteiger partial charge < -0.3 is 5.32 Å². The molecule has 1 N–H and O–H groups in total. The lowest BCUT2D eigenvalue weighted by Crippen LogP contribution is -2.33. The lowest BCUT2D eigenvalue weighted by molar-refractivity contribution is -0.182. The van der Waals surface area contributed by atoms with Crippen LogP contribution in [0.3, 0.4) is 0 Å². The van der Waals surface area contributed by atoms with Gasteiger partial charge in [-0.05, 0) is 44.7 Å². The van der Waals surface area contributed by atoms with Gasteiger partial charge in [0, 0.05) is 6.04 Å². The van der Waals surface area contributed by atoms with Crippen molar-refractivity contribution in [2.75, 3.05) is 5.32 Å². The third-order valence-electron chi connectivity index (χ3n) is 3.60. The fourth-order valence-corrected chi connectivity index (χ4v) is 2.66. The highest BCUT2D eigenvalue weighted by molar-refractivity contribution is 6.29. The van der Waals surface area contributed by atoms with Gasteiger partial charge in [-0.1, -0.05) is 11.6 Å². The van der Waals surface area contributed by atoms with E-state index in [1.807, 2.05) is 13.0 Å². The lowest BCUT2D eigenvalue weighted by Gasteiger charge is -2.31. The van der Waals surface area contributed by atoms with Gasteiger partial charge in [-0.3, -0.25) is 0 Å². The second-order valence-corrected chi connectivity index (χ2v) is 5.39. The Balaban J connectivity index is 1.92. The van der Waals surface area contributed by atoms with E-state index in [2.05, 4.69) is 10.3 Å². The maximum Gasteiger partial charge on any atom is 0.391 e. The maximum absolute atomic E-state index is 12.6. The van der Waals surface area contributed by atoms with Crippen molar-refractivity contribution in [3.63, 3.8) is 0 Å². The molecule has 6 heteroatoms. The molecule has 1 saturated carbocycles. The monoisotopic (exact) mass is 292 g/mol. The molecule has 1 fully saturated rings. The van der Waals surface area contributed by atoms with Gasteiger partial charge in [0.05, 0.1) is 17.3 Å². The molecular weight excluding hydrogens is 277 g/mol. The van der Waals surface area contributed by atoms with E-state index in [0.717, 1.165) is 11.4 Å². The number of pyridine rings is 1. The van der Waals surface area contributed by atoms with E-state index < -0.39 is 12.1 Å². The number of aromatic nitrogens is 1. The molecule has 19 heavy (non-hydrogen) atoms. The summed E-state index contributed by atoms with van der Waals surface area (Å²) in [6.07, 6.45) is -2.59. The first-order valence-corrected chi connectivity index (χ1v) is 6.70. The normalized spacial score (nSPS) is 24.3. The van der Waals surface area contributed by atoms with Crippen molar-refractivity contribution in [2.45, 2.75) is 44.8 Å². The second kappa shape index (κ2) is 5.57. The van der Waals surface area contributed by atoms with E-state index in [0.29, 0.717) is 18.0 Å². The van der Waals surface area contributed by atoms with Gasteiger partial charge in [0.1, 0.15) is 5.15 Å². The van der Waals surface area contributed by atoms with E-state index >= 15 is 0 Å². The molecule has 2 nitrogen and oxygen atoms in total. The van der Waals surface area contributed by atoms with Crippen LogP contribution in [0.4, 0.5) is 18.9 Å². The Hall–Kier alpha value is -0.970. The molecule has 1 aromatic heterocycles. The summed E-state index contributed by atoms with van der Waals surface area (Å²) in [5.41, 5.74) is 1.62. The largest absolute Gasteiger partial charge is 0.391 e. The lowest BCUT2D eigenvalue weighted by atomic mass is 9.85. The van der Waals surface area contributed by atoms with Gasteiger partial charge in [-0.15, -0.1) is 0 Å². The van der Waals surface area contributed by atoms with Crippen molar-refractivity contribution in [3.8, 4) is 0 Å². The van der Waals surface area contributed by atoms with Crippen LogP contribution < -0.4 is 5.32 Å². The molecule has 1 aliphatic rings. The van der Waals surface area contributed by atoms with Crippen molar-refractivity contribution < 1.29 is 13.2 Å². The van der Waals surface area contributed by atoms with Crippen LogP contribution in [0.1, 0.15) is 31.4 Å². The van der Waals surface area contributed by atoms with Gasteiger partial charge in [-0.25, -0.2) is 4.98 Å².